The van der Waals surface area contributed by atoms with Crippen molar-refractivity contribution in [2.75, 3.05) is 18.0 Å². The van der Waals surface area contributed by atoms with Crippen LogP contribution in [0.5, 0.6) is 0 Å². The van der Waals surface area contributed by atoms with Gasteiger partial charge < -0.3 is 10.2 Å². The highest BCUT2D eigenvalue weighted by molar-refractivity contribution is 5.55. The van der Waals surface area contributed by atoms with E-state index in [0.717, 1.165) is 13.1 Å². The summed E-state index contributed by atoms with van der Waals surface area (Å²) < 4.78 is 0. The van der Waals surface area contributed by atoms with Gasteiger partial charge in [0.15, 0.2) is 0 Å². The fourth-order valence-electron chi connectivity index (χ4n) is 3.03. The zero-order valence-electron chi connectivity index (χ0n) is 13.4. The molecule has 2 heteroatoms. The Balaban J connectivity index is 2.00. The number of rotatable bonds is 6. The molecule has 0 fully saturated rings. The molecule has 0 unspecified atom stereocenters. The lowest BCUT2D eigenvalue weighted by atomic mass is 10.1. The minimum Gasteiger partial charge on any atom is -0.369 e. The molecule has 1 aliphatic rings. The largest absolute Gasteiger partial charge is 0.369 e. The van der Waals surface area contributed by atoms with Gasteiger partial charge in [-0.3, -0.25) is 0 Å². The minimum atomic E-state index is 0.183. The number of unbranched alkanes of at least 4 members (excludes halogenated alkanes) is 4. The van der Waals surface area contributed by atoms with Gasteiger partial charge in [0, 0.05) is 30.9 Å². The molecule has 0 saturated heterocycles. The maximum atomic E-state index is 3.68. The monoisotopic (exact) mass is 274 g/mol. The summed E-state index contributed by atoms with van der Waals surface area (Å²) in [4.78, 5) is 2.58. The summed E-state index contributed by atoms with van der Waals surface area (Å²) in [7, 11) is 0. The van der Waals surface area contributed by atoms with E-state index in [1.165, 1.54) is 49.9 Å². The van der Waals surface area contributed by atoms with Gasteiger partial charge in [-0.1, -0.05) is 50.8 Å². The summed E-state index contributed by atoms with van der Waals surface area (Å²) in [6.07, 6.45) is 6.76. The normalized spacial score (nSPS) is 17.6. The first-order chi connectivity index (χ1) is 9.62. The molecule has 0 aliphatic carbocycles. The van der Waals surface area contributed by atoms with Gasteiger partial charge in [0.05, 0.1) is 0 Å². The van der Waals surface area contributed by atoms with Crippen molar-refractivity contribution in [2.45, 2.75) is 65.0 Å². The van der Waals surface area contributed by atoms with E-state index in [-0.39, 0.29) is 5.54 Å². The first-order valence-corrected chi connectivity index (χ1v) is 8.20. The van der Waals surface area contributed by atoms with Gasteiger partial charge in [0.2, 0.25) is 0 Å². The van der Waals surface area contributed by atoms with Crippen LogP contribution < -0.4 is 10.2 Å². The third-order valence-corrected chi connectivity index (χ3v) is 4.21. The number of hydrogen-bond donors (Lipinski definition) is 1. The van der Waals surface area contributed by atoms with Crippen molar-refractivity contribution in [2.24, 2.45) is 0 Å². The molecule has 1 N–H and O–H groups in total. The Morgan fingerprint density at radius 1 is 1.10 bits per heavy atom. The molecule has 1 heterocycles. The third kappa shape index (κ3) is 4.24. The van der Waals surface area contributed by atoms with Crippen LogP contribution in [0.25, 0.3) is 0 Å². The van der Waals surface area contributed by atoms with Crippen molar-refractivity contribution in [1.29, 1.82) is 0 Å². The molecule has 0 atom stereocenters. The number of benzene rings is 1. The van der Waals surface area contributed by atoms with Crippen molar-refractivity contribution < 1.29 is 0 Å². The third-order valence-electron chi connectivity index (χ3n) is 4.21. The van der Waals surface area contributed by atoms with Gasteiger partial charge in [0.25, 0.3) is 0 Å². The maximum absolute atomic E-state index is 3.68. The number of hydrogen-bond acceptors (Lipinski definition) is 2. The fourth-order valence-corrected chi connectivity index (χ4v) is 3.03. The summed E-state index contributed by atoms with van der Waals surface area (Å²) in [5, 5.41) is 3.68. The van der Waals surface area contributed by atoms with Gasteiger partial charge in [-0.25, -0.2) is 0 Å². The standard InChI is InChI=1S/C18H30N2/c1-4-5-6-7-10-13-20-15-18(2,3)19-14-16-11-8-9-12-17(16)20/h8-9,11-12,19H,4-7,10,13-15H2,1-3H3. The number of para-hydroxylation sites is 1. The van der Waals surface area contributed by atoms with Crippen LogP contribution in [-0.4, -0.2) is 18.6 Å². The van der Waals surface area contributed by atoms with Crippen molar-refractivity contribution in [3.05, 3.63) is 29.8 Å². The van der Waals surface area contributed by atoms with Gasteiger partial charge in [0.1, 0.15) is 0 Å². The molecule has 1 aliphatic heterocycles. The summed E-state index contributed by atoms with van der Waals surface area (Å²) in [5.74, 6) is 0. The van der Waals surface area contributed by atoms with Crippen molar-refractivity contribution >= 4 is 5.69 Å². The Morgan fingerprint density at radius 2 is 1.85 bits per heavy atom. The number of nitrogens with one attached hydrogen (secondary N) is 1. The quantitative estimate of drug-likeness (QED) is 0.776. The van der Waals surface area contributed by atoms with Crippen LogP contribution in [0.4, 0.5) is 5.69 Å². The highest BCUT2D eigenvalue weighted by Crippen LogP contribution is 2.26. The molecule has 0 radical (unpaired) electrons. The van der Waals surface area contributed by atoms with E-state index in [4.69, 9.17) is 0 Å². The van der Waals surface area contributed by atoms with Crippen LogP contribution in [0.1, 0.15) is 58.4 Å². The van der Waals surface area contributed by atoms with Crippen molar-refractivity contribution in [3.63, 3.8) is 0 Å². The zero-order valence-corrected chi connectivity index (χ0v) is 13.4. The second-order valence-electron chi connectivity index (χ2n) is 6.70. The molecule has 0 saturated carbocycles. The average Bonchev–Trinajstić information content (AvgIpc) is 2.56. The van der Waals surface area contributed by atoms with Crippen LogP contribution in [-0.2, 0) is 6.54 Å². The van der Waals surface area contributed by atoms with Crippen LogP contribution in [0.15, 0.2) is 24.3 Å². The Labute approximate surface area is 124 Å². The predicted octanol–water partition coefficient (Wildman–Crippen LogP) is 4.35. The number of anilines is 1. The van der Waals surface area contributed by atoms with Crippen LogP contribution >= 0.6 is 0 Å². The summed E-state index contributed by atoms with van der Waals surface area (Å²) in [6, 6.07) is 8.86. The highest BCUT2D eigenvalue weighted by atomic mass is 15.2. The molecule has 0 amide bonds. The van der Waals surface area contributed by atoms with Crippen LogP contribution in [0.2, 0.25) is 0 Å². The van der Waals surface area contributed by atoms with E-state index in [1.807, 2.05) is 0 Å². The number of fused-ring (bicyclic) bond motifs is 1. The predicted molar refractivity (Wildman–Crippen MR) is 88.3 cm³/mol. The average molecular weight is 274 g/mol. The number of nitrogens with zero attached hydrogens (tertiary/aromatic N) is 1. The molecule has 2 nitrogen and oxygen atoms in total. The van der Waals surface area contributed by atoms with Gasteiger partial charge in [-0.15, -0.1) is 0 Å². The van der Waals surface area contributed by atoms with Crippen LogP contribution in [0, 0.1) is 0 Å². The smallest absolute Gasteiger partial charge is 0.0412 e. The highest BCUT2D eigenvalue weighted by Gasteiger charge is 2.26. The van der Waals surface area contributed by atoms with E-state index in [2.05, 4.69) is 55.3 Å². The van der Waals surface area contributed by atoms with Gasteiger partial charge >= 0.3 is 0 Å². The first-order valence-electron chi connectivity index (χ1n) is 8.20. The lowest BCUT2D eigenvalue weighted by Gasteiger charge is -2.32. The topological polar surface area (TPSA) is 15.3 Å². The van der Waals surface area contributed by atoms with Crippen molar-refractivity contribution in [3.8, 4) is 0 Å². The second-order valence-corrected chi connectivity index (χ2v) is 6.70. The van der Waals surface area contributed by atoms with E-state index in [9.17, 15) is 0 Å². The molecule has 2 rings (SSSR count). The first kappa shape index (κ1) is 15.4. The molecule has 1 aromatic rings. The van der Waals surface area contributed by atoms with Crippen LogP contribution in [0.3, 0.4) is 0 Å². The SMILES string of the molecule is CCCCCCCN1CC(C)(C)NCc2ccccc21. The van der Waals surface area contributed by atoms with E-state index < -0.39 is 0 Å². The molecular formula is C18H30N2. The van der Waals surface area contributed by atoms with Gasteiger partial charge in [-0.05, 0) is 31.9 Å². The lowest BCUT2D eigenvalue weighted by molar-refractivity contribution is 0.394. The van der Waals surface area contributed by atoms with Crippen molar-refractivity contribution in [1.82, 2.24) is 5.32 Å². The Kier molecular flexibility index (Phi) is 5.47. The molecule has 0 spiro atoms. The maximum Gasteiger partial charge on any atom is 0.0412 e. The summed E-state index contributed by atoms with van der Waals surface area (Å²) >= 11 is 0. The zero-order chi connectivity index (χ0) is 14.4. The van der Waals surface area contributed by atoms with E-state index in [0.29, 0.717) is 0 Å². The Bertz CT molecular complexity index is 412. The summed E-state index contributed by atoms with van der Waals surface area (Å²) in [6.45, 7) is 10.2. The Hall–Kier alpha value is -1.02. The second kappa shape index (κ2) is 7.12. The van der Waals surface area contributed by atoms with Gasteiger partial charge in [-0.2, -0.15) is 0 Å². The molecule has 20 heavy (non-hydrogen) atoms. The molecule has 1 aromatic carbocycles. The minimum absolute atomic E-state index is 0.183. The Morgan fingerprint density at radius 3 is 2.65 bits per heavy atom. The molecular weight excluding hydrogens is 244 g/mol. The fraction of sp³-hybridized carbons (Fsp3) is 0.667. The molecule has 0 bridgehead atoms. The summed E-state index contributed by atoms with van der Waals surface area (Å²) in [5.41, 5.74) is 3.05. The van der Waals surface area contributed by atoms with E-state index >= 15 is 0 Å². The molecule has 112 valence electrons. The van der Waals surface area contributed by atoms with E-state index in [1.54, 1.807) is 0 Å². The lowest BCUT2D eigenvalue weighted by Crippen LogP contribution is -2.47. The molecule has 0 aromatic heterocycles.